The molecule has 0 unspecified atom stereocenters. The molecule has 0 spiro atoms. The van der Waals surface area contributed by atoms with Crippen LogP contribution in [-0.2, 0) is 0 Å². The third-order valence-corrected chi connectivity index (χ3v) is 3.38. The maximum absolute atomic E-state index is 8.99. The summed E-state index contributed by atoms with van der Waals surface area (Å²) in [5, 5.41) is 13.2. The van der Waals surface area contributed by atoms with Gasteiger partial charge >= 0.3 is 0 Å². The van der Waals surface area contributed by atoms with Crippen LogP contribution in [0.15, 0.2) is 30.6 Å². The standard InChI is InChI=1S/C15H13N5O2/c1-21-12-4-3-9(5-13(12)22-2)11-8-19-20-14(17)10(6-16)7-18-15(11)20/h3-5,7-8H,17H2,1-2H3. The van der Waals surface area contributed by atoms with Crippen molar-refractivity contribution >= 4 is 11.5 Å². The van der Waals surface area contributed by atoms with E-state index in [-0.39, 0.29) is 11.4 Å². The zero-order valence-electron chi connectivity index (χ0n) is 12.1. The van der Waals surface area contributed by atoms with Crippen LogP contribution in [0.1, 0.15) is 5.56 Å². The Bertz CT molecular complexity index is 895. The van der Waals surface area contributed by atoms with E-state index in [1.54, 1.807) is 20.4 Å². The van der Waals surface area contributed by atoms with Gasteiger partial charge in [0.1, 0.15) is 17.5 Å². The maximum atomic E-state index is 8.99. The van der Waals surface area contributed by atoms with Crippen LogP contribution in [0, 0.1) is 11.3 Å². The number of nitrogen functional groups attached to an aromatic ring is 1. The Hall–Kier alpha value is -3.27. The van der Waals surface area contributed by atoms with E-state index in [0.717, 1.165) is 11.1 Å². The van der Waals surface area contributed by atoms with Crippen molar-refractivity contribution in [2.45, 2.75) is 0 Å². The summed E-state index contributed by atoms with van der Waals surface area (Å²) < 4.78 is 12.0. The summed E-state index contributed by atoms with van der Waals surface area (Å²) in [6.07, 6.45) is 3.09. The molecule has 0 aliphatic rings. The maximum Gasteiger partial charge on any atom is 0.165 e. The van der Waals surface area contributed by atoms with Crippen molar-refractivity contribution in [3.05, 3.63) is 36.2 Å². The highest BCUT2D eigenvalue weighted by atomic mass is 16.5. The number of nitriles is 1. The van der Waals surface area contributed by atoms with Gasteiger partial charge in [0.2, 0.25) is 0 Å². The molecule has 0 amide bonds. The predicted molar refractivity (Wildman–Crippen MR) is 80.7 cm³/mol. The Balaban J connectivity index is 2.19. The minimum absolute atomic E-state index is 0.263. The quantitative estimate of drug-likeness (QED) is 0.792. The van der Waals surface area contributed by atoms with E-state index in [4.69, 9.17) is 20.5 Å². The normalized spacial score (nSPS) is 10.4. The molecular weight excluding hydrogens is 282 g/mol. The van der Waals surface area contributed by atoms with Gasteiger partial charge in [-0.2, -0.15) is 14.9 Å². The number of nitrogens with two attached hydrogens (primary N) is 1. The molecule has 0 atom stereocenters. The highest BCUT2D eigenvalue weighted by molar-refractivity contribution is 5.79. The molecule has 1 aromatic carbocycles. The van der Waals surface area contributed by atoms with Gasteiger partial charge in [0.05, 0.1) is 26.6 Å². The second-order valence-corrected chi connectivity index (χ2v) is 4.53. The van der Waals surface area contributed by atoms with Crippen LogP contribution in [0.25, 0.3) is 16.8 Å². The van der Waals surface area contributed by atoms with Crippen LogP contribution in [0.2, 0.25) is 0 Å². The number of rotatable bonds is 3. The van der Waals surface area contributed by atoms with Crippen LogP contribution in [0.5, 0.6) is 11.5 Å². The molecule has 0 aliphatic heterocycles. The van der Waals surface area contributed by atoms with Crippen LogP contribution in [0.4, 0.5) is 5.82 Å². The molecular formula is C15H13N5O2. The number of anilines is 1. The number of methoxy groups -OCH3 is 2. The van der Waals surface area contributed by atoms with E-state index in [2.05, 4.69) is 10.1 Å². The minimum Gasteiger partial charge on any atom is -0.493 e. The molecule has 2 heterocycles. The number of hydrogen-bond donors (Lipinski definition) is 1. The van der Waals surface area contributed by atoms with Crippen molar-refractivity contribution < 1.29 is 9.47 Å². The number of benzene rings is 1. The van der Waals surface area contributed by atoms with Gasteiger partial charge in [-0.15, -0.1) is 0 Å². The Labute approximate surface area is 126 Å². The first-order chi connectivity index (χ1) is 10.7. The number of ether oxygens (including phenoxy) is 2. The molecule has 0 saturated carbocycles. The first-order valence-corrected chi connectivity index (χ1v) is 6.44. The molecule has 2 aromatic heterocycles. The molecule has 22 heavy (non-hydrogen) atoms. The summed E-state index contributed by atoms with van der Waals surface area (Å²) in [7, 11) is 3.16. The van der Waals surface area contributed by atoms with Crippen molar-refractivity contribution in [2.75, 3.05) is 20.0 Å². The zero-order valence-corrected chi connectivity index (χ0v) is 12.1. The lowest BCUT2D eigenvalue weighted by Gasteiger charge is -2.09. The molecule has 3 aromatic rings. The SMILES string of the molecule is COc1ccc(-c2cnn3c(N)c(C#N)cnc23)cc1OC. The Morgan fingerprint density at radius 2 is 1.95 bits per heavy atom. The molecule has 2 N–H and O–H groups in total. The average Bonchev–Trinajstić information content (AvgIpc) is 2.99. The lowest BCUT2D eigenvalue weighted by atomic mass is 10.1. The largest absolute Gasteiger partial charge is 0.493 e. The fourth-order valence-corrected chi connectivity index (χ4v) is 2.24. The smallest absolute Gasteiger partial charge is 0.165 e. The van der Waals surface area contributed by atoms with Gasteiger partial charge in [-0.3, -0.25) is 0 Å². The van der Waals surface area contributed by atoms with E-state index in [1.807, 2.05) is 24.3 Å². The lowest BCUT2D eigenvalue weighted by Crippen LogP contribution is -2.03. The number of hydrogen-bond acceptors (Lipinski definition) is 6. The van der Waals surface area contributed by atoms with Crippen molar-refractivity contribution in [3.8, 4) is 28.7 Å². The molecule has 0 saturated heterocycles. The van der Waals surface area contributed by atoms with E-state index in [1.165, 1.54) is 10.7 Å². The van der Waals surface area contributed by atoms with Gasteiger partial charge < -0.3 is 15.2 Å². The van der Waals surface area contributed by atoms with E-state index in [9.17, 15) is 0 Å². The van der Waals surface area contributed by atoms with Gasteiger partial charge in [0.15, 0.2) is 17.1 Å². The van der Waals surface area contributed by atoms with Crippen molar-refractivity contribution in [2.24, 2.45) is 0 Å². The highest BCUT2D eigenvalue weighted by Crippen LogP contribution is 2.33. The second-order valence-electron chi connectivity index (χ2n) is 4.53. The van der Waals surface area contributed by atoms with Gasteiger partial charge in [-0.1, -0.05) is 6.07 Å². The first kappa shape index (κ1) is 13.7. The summed E-state index contributed by atoms with van der Waals surface area (Å²) in [6.45, 7) is 0. The summed E-state index contributed by atoms with van der Waals surface area (Å²) in [5.74, 6) is 1.52. The zero-order chi connectivity index (χ0) is 15.7. The van der Waals surface area contributed by atoms with Crippen molar-refractivity contribution in [3.63, 3.8) is 0 Å². The fraction of sp³-hybridized carbons (Fsp3) is 0.133. The number of aromatic nitrogens is 3. The summed E-state index contributed by atoms with van der Waals surface area (Å²) in [6, 6.07) is 7.52. The topological polar surface area (TPSA) is 98.5 Å². The monoisotopic (exact) mass is 295 g/mol. The van der Waals surface area contributed by atoms with Crippen LogP contribution >= 0.6 is 0 Å². The molecule has 0 aliphatic carbocycles. The highest BCUT2D eigenvalue weighted by Gasteiger charge is 2.14. The van der Waals surface area contributed by atoms with Gasteiger partial charge in [0, 0.05) is 5.56 Å². The van der Waals surface area contributed by atoms with Gasteiger partial charge in [-0.05, 0) is 17.7 Å². The molecule has 0 bridgehead atoms. The number of nitrogens with zero attached hydrogens (tertiary/aromatic N) is 4. The summed E-state index contributed by atoms with van der Waals surface area (Å²) >= 11 is 0. The number of fused-ring (bicyclic) bond motifs is 1. The third-order valence-electron chi connectivity index (χ3n) is 3.38. The predicted octanol–water partition coefficient (Wildman–Crippen LogP) is 1.87. The summed E-state index contributed by atoms with van der Waals surface area (Å²) in [5.41, 5.74) is 8.43. The van der Waals surface area contributed by atoms with Crippen LogP contribution in [-0.4, -0.2) is 28.8 Å². The van der Waals surface area contributed by atoms with Gasteiger partial charge in [0.25, 0.3) is 0 Å². The molecule has 7 heteroatoms. The van der Waals surface area contributed by atoms with Crippen molar-refractivity contribution in [1.82, 2.24) is 14.6 Å². The van der Waals surface area contributed by atoms with Crippen LogP contribution < -0.4 is 15.2 Å². The lowest BCUT2D eigenvalue weighted by molar-refractivity contribution is 0.355. The van der Waals surface area contributed by atoms with E-state index >= 15 is 0 Å². The molecule has 0 fully saturated rings. The molecule has 3 rings (SSSR count). The third kappa shape index (κ3) is 1.98. The fourth-order valence-electron chi connectivity index (χ4n) is 2.24. The van der Waals surface area contributed by atoms with Crippen molar-refractivity contribution in [1.29, 1.82) is 5.26 Å². The van der Waals surface area contributed by atoms with E-state index < -0.39 is 0 Å². The first-order valence-electron chi connectivity index (χ1n) is 6.44. The molecule has 110 valence electrons. The van der Waals surface area contributed by atoms with Gasteiger partial charge in [-0.25, -0.2) is 4.98 Å². The Kier molecular flexibility index (Phi) is 3.27. The molecule has 7 nitrogen and oxygen atoms in total. The van der Waals surface area contributed by atoms with E-state index in [0.29, 0.717) is 17.1 Å². The van der Waals surface area contributed by atoms with Crippen LogP contribution in [0.3, 0.4) is 0 Å². The Morgan fingerprint density at radius 3 is 2.64 bits per heavy atom. The second kappa shape index (κ2) is 5.26. The summed E-state index contributed by atoms with van der Waals surface area (Å²) in [4.78, 5) is 4.27. The molecule has 0 radical (unpaired) electrons. The minimum atomic E-state index is 0.263. The average molecular weight is 295 g/mol. The Morgan fingerprint density at radius 1 is 1.18 bits per heavy atom.